The molecule has 0 bridgehead atoms. The van der Waals surface area contributed by atoms with Crippen LogP contribution >= 0.6 is 0 Å². The molecule has 3 heterocycles. The van der Waals surface area contributed by atoms with Crippen LogP contribution in [0, 0.1) is 0 Å². The van der Waals surface area contributed by atoms with E-state index in [0.29, 0.717) is 6.04 Å². The molecule has 0 spiro atoms. The second-order valence-electron chi connectivity index (χ2n) is 8.07. The molecule has 3 fully saturated rings. The van der Waals surface area contributed by atoms with Crippen molar-refractivity contribution in [1.29, 1.82) is 0 Å². The van der Waals surface area contributed by atoms with E-state index in [1.165, 1.54) is 58.3 Å². The predicted molar refractivity (Wildman–Crippen MR) is 98.6 cm³/mol. The molecule has 0 N–H and O–H groups in total. The highest BCUT2D eigenvalue weighted by Gasteiger charge is 2.34. The third kappa shape index (κ3) is 3.96. The molecule has 25 heavy (non-hydrogen) atoms. The van der Waals surface area contributed by atoms with Gasteiger partial charge in [-0.1, -0.05) is 19.3 Å². The smallest absolute Gasteiger partial charge is 0.302 e. The quantitative estimate of drug-likeness (QED) is 0.812. The minimum atomic E-state index is -0.180. The molecule has 0 unspecified atom stereocenters. The Balaban J connectivity index is 1.21. The molecule has 6 heteroatoms. The molecule has 1 aromatic rings. The zero-order valence-corrected chi connectivity index (χ0v) is 15.4. The molecule has 6 nitrogen and oxygen atoms in total. The first kappa shape index (κ1) is 17.2. The number of hydrogen-bond acceptors (Lipinski definition) is 5. The predicted octanol–water partition coefficient (Wildman–Crippen LogP) is 0.915. The maximum atomic E-state index is 11.4. The van der Waals surface area contributed by atoms with Gasteiger partial charge in [-0.15, -0.1) is 0 Å². The Morgan fingerprint density at radius 2 is 1.64 bits per heavy atom. The van der Waals surface area contributed by atoms with Crippen LogP contribution in [-0.4, -0.2) is 75.6 Å². The highest BCUT2D eigenvalue weighted by Crippen LogP contribution is 2.25. The van der Waals surface area contributed by atoms with E-state index in [-0.39, 0.29) is 5.69 Å². The van der Waals surface area contributed by atoms with E-state index in [2.05, 4.69) is 19.7 Å². The summed E-state index contributed by atoms with van der Waals surface area (Å²) in [7, 11) is 1.77. The Labute approximate surface area is 150 Å². The lowest BCUT2D eigenvalue weighted by atomic mass is 9.93. The van der Waals surface area contributed by atoms with E-state index in [1.807, 2.05) is 6.20 Å². The maximum Gasteiger partial charge on any atom is 0.347 e. The summed E-state index contributed by atoms with van der Waals surface area (Å²) in [6.45, 7) is 8.17. The lowest BCUT2D eigenvalue weighted by Gasteiger charge is -2.49. The molecule has 138 valence electrons. The third-order valence-electron chi connectivity index (χ3n) is 6.30. The van der Waals surface area contributed by atoms with Crippen LogP contribution in [0.2, 0.25) is 0 Å². The molecule has 0 amide bonds. The Morgan fingerprint density at radius 3 is 2.28 bits per heavy atom. The monoisotopic (exact) mass is 345 g/mol. The topological polar surface area (TPSA) is 44.6 Å². The SMILES string of the molecule is Cn1cc(CN2CC(N3CCN(C4CCCCC4)CC3)C2)cnc1=O. The molecule has 0 atom stereocenters. The van der Waals surface area contributed by atoms with Gasteiger partial charge in [0.05, 0.1) is 0 Å². The zero-order valence-electron chi connectivity index (χ0n) is 15.4. The largest absolute Gasteiger partial charge is 0.347 e. The Hall–Kier alpha value is -1.24. The average molecular weight is 345 g/mol. The van der Waals surface area contributed by atoms with Gasteiger partial charge in [0.25, 0.3) is 0 Å². The summed E-state index contributed by atoms with van der Waals surface area (Å²) < 4.78 is 1.57. The molecule has 0 aromatic carbocycles. The van der Waals surface area contributed by atoms with Gasteiger partial charge in [0.15, 0.2) is 0 Å². The van der Waals surface area contributed by atoms with Crippen molar-refractivity contribution in [2.45, 2.75) is 50.7 Å². The average Bonchev–Trinajstić information content (AvgIpc) is 2.62. The molecule has 1 saturated carbocycles. The minimum absolute atomic E-state index is 0.180. The summed E-state index contributed by atoms with van der Waals surface area (Å²) in [5.74, 6) is 0. The van der Waals surface area contributed by atoms with E-state index in [9.17, 15) is 4.79 Å². The van der Waals surface area contributed by atoms with Gasteiger partial charge >= 0.3 is 5.69 Å². The van der Waals surface area contributed by atoms with Gasteiger partial charge < -0.3 is 4.57 Å². The normalized spacial score (nSPS) is 25.2. The van der Waals surface area contributed by atoms with Crippen molar-refractivity contribution in [1.82, 2.24) is 24.3 Å². The fourth-order valence-electron chi connectivity index (χ4n) is 4.72. The molecule has 0 radical (unpaired) electrons. The van der Waals surface area contributed by atoms with Gasteiger partial charge in [0, 0.05) is 82.9 Å². The van der Waals surface area contributed by atoms with Crippen molar-refractivity contribution in [3.05, 3.63) is 28.4 Å². The van der Waals surface area contributed by atoms with Gasteiger partial charge in [-0.05, 0) is 12.8 Å². The fraction of sp³-hybridized carbons (Fsp3) is 0.789. The number of rotatable bonds is 4. The molecular formula is C19H31N5O. The van der Waals surface area contributed by atoms with Crippen molar-refractivity contribution >= 4 is 0 Å². The van der Waals surface area contributed by atoms with Crippen LogP contribution in [0.4, 0.5) is 0 Å². The molecule has 2 saturated heterocycles. The van der Waals surface area contributed by atoms with Crippen molar-refractivity contribution < 1.29 is 0 Å². The third-order valence-corrected chi connectivity index (χ3v) is 6.30. The van der Waals surface area contributed by atoms with Gasteiger partial charge in [-0.25, -0.2) is 9.78 Å². The lowest BCUT2D eigenvalue weighted by Crippen LogP contribution is -2.63. The van der Waals surface area contributed by atoms with Crippen LogP contribution in [0.15, 0.2) is 17.2 Å². The zero-order chi connectivity index (χ0) is 17.2. The summed E-state index contributed by atoms with van der Waals surface area (Å²) in [5.41, 5.74) is 0.948. The first-order valence-electron chi connectivity index (χ1n) is 9.91. The number of likely N-dealkylation sites (tertiary alicyclic amines) is 1. The van der Waals surface area contributed by atoms with E-state index in [4.69, 9.17) is 0 Å². The summed E-state index contributed by atoms with van der Waals surface area (Å²) in [5, 5.41) is 0. The number of nitrogens with zero attached hydrogens (tertiary/aromatic N) is 5. The summed E-state index contributed by atoms with van der Waals surface area (Å²) in [4.78, 5) is 23.2. The van der Waals surface area contributed by atoms with Crippen molar-refractivity contribution in [3.63, 3.8) is 0 Å². The summed E-state index contributed by atoms with van der Waals surface area (Å²) in [6, 6.07) is 1.58. The summed E-state index contributed by atoms with van der Waals surface area (Å²) in [6.07, 6.45) is 10.8. The second kappa shape index (κ2) is 7.56. The Morgan fingerprint density at radius 1 is 1.00 bits per heavy atom. The van der Waals surface area contributed by atoms with Crippen LogP contribution in [0.1, 0.15) is 37.7 Å². The lowest BCUT2D eigenvalue weighted by molar-refractivity contribution is -0.0105. The van der Waals surface area contributed by atoms with Crippen LogP contribution in [0.3, 0.4) is 0 Å². The van der Waals surface area contributed by atoms with E-state index < -0.39 is 0 Å². The molecular weight excluding hydrogens is 314 g/mol. The maximum absolute atomic E-state index is 11.4. The second-order valence-corrected chi connectivity index (χ2v) is 8.07. The van der Waals surface area contributed by atoms with E-state index >= 15 is 0 Å². The molecule has 4 rings (SSSR count). The van der Waals surface area contributed by atoms with Crippen molar-refractivity contribution in [2.75, 3.05) is 39.3 Å². The Kier molecular flexibility index (Phi) is 5.20. The van der Waals surface area contributed by atoms with Crippen molar-refractivity contribution in [3.8, 4) is 0 Å². The molecule has 1 aromatic heterocycles. The van der Waals surface area contributed by atoms with Gasteiger partial charge in [-0.3, -0.25) is 14.7 Å². The first-order chi connectivity index (χ1) is 12.2. The highest BCUT2D eigenvalue weighted by atomic mass is 16.1. The van der Waals surface area contributed by atoms with Gasteiger partial charge in [0.2, 0.25) is 0 Å². The van der Waals surface area contributed by atoms with Crippen molar-refractivity contribution in [2.24, 2.45) is 7.05 Å². The molecule has 1 aliphatic carbocycles. The van der Waals surface area contributed by atoms with E-state index in [1.54, 1.807) is 17.8 Å². The number of aromatic nitrogens is 2. The van der Waals surface area contributed by atoms with Gasteiger partial charge in [-0.2, -0.15) is 0 Å². The summed E-state index contributed by atoms with van der Waals surface area (Å²) >= 11 is 0. The van der Waals surface area contributed by atoms with Crippen LogP contribution < -0.4 is 5.69 Å². The van der Waals surface area contributed by atoms with Crippen LogP contribution in [-0.2, 0) is 13.6 Å². The minimum Gasteiger partial charge on any atom is -0.302 e. The van der Waals surface area contributed by atoms with Crippen LogP contribution in [0.25, 0.3) is 0 Å². The number of piperazine rings is 1. The standard InChI is InChI=1S/C19H31N5O/c1-21-12-16(11-20-19(21)25)13-22-14-18(15-22)24-9-7-23(8-10-24)17-5-3-2-4-6-17/h11-12,17-18H,2-10,13-15H2,1H3. The Bertz CT molecular complexity index is 625. The highest BCUT2D eigenvalue weighted by molar-refractivity contribution is 5.05. The number of hydrogen-bond donors (Lipinski definition) is 0. The first-order valence-corrected chi connectivity index (χ1v) is 9.91. The molecule has 2 aliphatic heterocycles. The van der Waals surface area contributed by atoms with Gasteiger partial charge in [0.1, 0.15) is 0 Å². The van der Waals surface area contributed by atoms with Crippen LogP contribution in [0.5, 0.6) is 0 Å². The number of aryl methyl sites for hydroxylation is 1. The van der Waals surface area contributed by atoms with E-state index in [0.717, 1.165) is 31.2 Å². The fourth-order valence-corrected chi connectivity index (χ4v) is 4.72. The molecule has 3 aliphatic rings.